The van der Waals surface area contributed by atoms with E-state index < -0.39 is 0 Å². The van der Waals surface area contributed by atoms with Crippen molar-refractivity contribution >= 4 is 17.5 Å². The van der Waals surface area contributed by atoms with Crippen molar-refractivity contribution in [1.82, 2.24) is 10.2 Å². The molecule has 0 unspecified atom stereocenters. The molecule has 0 radical (unpaired) electrons. The summed E-state index contributed by atoms with van der Waals surface area (Å²) in [6.45, 7) is 7.19. The topological polar surface area (TPSA) is 50.8 Å². The molecule has 1 saturated heterocycles. The Morgan fingerprint density at radius 3 is 2.63 bits per heavy atom. The third-order valence-electron chi connectivity index (χ3n) is 4.55. The summed E-state index contributed by atoms with van der Waals surface area (Å²) >= 11 is 6.18. The van der Waals surface area contributed by atoms with Crippen molar-refractivity contribution in [3.63, 3.8) is 0 Å². The van der Waals surface area contributed by atoms with E-state index in [9.17, 15) is 4.79 Å². The summed E-state index contributed by atoms with van der Waals surface area (Å²) < 4.78 is 10.8. The Bertz CT molecular complexity index is 776. The Balaban J connectivity index is 1.62. The summed E-state index contributed by atoms with van der Waals surface area (Å²) in [5.74, 6) is 0.438. The minimum atomic E-state index is -0.152. The van der Waals surface area contributed by atoms with Gasteiger partial charge >= 0.3 is 0 Å². The smallest absolute Gasteiger partial charge is 0.251 e. The number of ether oxygens (including phenoxy) is 2. The van der Waals surface area contributed by atoms with Crippen LogP contribution in [-0.2, 0) is 17.8 Å². The molecule has 5 nitrogen and oxygen atoms in total. The predicted molar refractivity (Wildman–Crippen MR) is 106 cm³/mol. The Morgan fingerprint density at radius 1 is 1.19 bits per heavy atom. The van der Waals surface area contributed by atoms with Crippen LogP contribution in [0.3, 0.4) is 0 Å². The van der Waals surface area contributed by atoms with Gasteiger partial charge in [0.1, 0.15) is 5.75 Å². The molecule has 2 aromatic rings. The van der Waals surface area contributed by atoms with Crippen LogP contribution in [0.15, 0.2) is 42.5 Å². The zero-order valence-electron chi connectivity index (χ0n) is 15.5. The van der Waals surface area contributed by atoms with E-state index in [0.717, 1.165) is 38.4 Å². The van der Waals surface area contributed by atoms with E-state index in [1.807, 2.05) is 19.1 Å². The van der Waals surface area contributed by atoms with Crippen LogP contribution in [0.25, 0.3) is 0 Å². The highest BCUT2D eigenvalue weighted by molar-refractivity contribution is 6.32. The molecule has 6 heteroatoms. The molecule has 3 rings (SSSR count). The first-order valence-electron chi connectivity index (χ1n) is 9.25. The molecule has 2 aromatic carbocycles. The average Bonchev–Trinajstić information content (AvgIpc) is 2.69. The number of hydrogen-bond donors (Lipinski definition) is 1. The molecule has 0 saturated carbocycles. The van der Waals surface area contributed by atoms with E-state index in [-0.39, 0.29) is 5.91 Å². The quantitative estimate of drug-likeness (QED) is 0.788. The summed E-state index contributed by atoms with van der Waals surface area (Å²) in [7, 11) is 0. The second-order valence-electron chi connectivity index (χ2n) is 6.42. The molecule has 1 amide bonds. The molecule has 1 aliphatic rings. The predicted octanol–water partition coefficient (Wildman–Crippen LogP) is 3.50. The van der Waals surface area contributed by atoms with Gasteiger partial charge < -0.3 is 14.8 Å². The molecule has 0 spiro atoms. The van der Waals surface area contributed by atoms with Crippen LogP contribution in [0.1, 0.15) is 28.4 Å². The summed E-state index contributed by atoms with van der Waals surface area (Å²) in [6, 6.07) is 13.3. The van der Waals surface area contributed by atoms with E-state index in [1.54, 1.807) is 18.2 Å². The molecule has 0 bridgehead atoms. The molecule has 1 N–H and O–H groups in total. The monoisotopic (exact) mass is 388 g/mol. The molecule has 1 fully saturated rings. The van der Waals surface area contributed by atoms with E-state index in [0.29, 0.717) is 29.5 Å². The second kappa shape index (κ2) is 9.74. The molecule has 0 atom stereocenters. The fourth-order valence-corrected chi connectivity index (χ4v) is 3.31. The molecule has 1 aliphatic heterocycles. The van der Waals surface area contributed by atoms with Crippen molar-refractivity contribution in [1.29, 1.82) is 0 Å². The van der Waals surface area contributed by atoms with Gasteiger partial charge in [0, 0.05) is 31.7 Å². The summed E-state index contributed by atoms with van der Waals surface area (Å²) in [5, 5.41) is 3.43. The van der Waals surface area contributed by atoms with Crippen LogP contribution < -0.4 is 10.1 Å². The van der Waals surface area contributed by atoms with E-state index >= 15 is 0 Å². The van der Waals surface area contributed by atoms with Crippen LogP contribution in [0, 0.1) is 0 Å². The molecule has 144 valence electrons. The van der Waals surface area contributed by atoms with Crippen molar-refractivity contribution in [3.8, 4) is 5.75 Å². The number of benzene rings is 2. The number of carbonyl (C=O) groups is 1. The van der Waals surface area contributed by atoms with Crippen molar-refractivity contribution in [2.45, 2.75) is 20.0 Å². The van der Waals surface area contributed by atoms with Gasteiger partial charge in [-0.3, -0.25) is 9.69 Å². The first-order chi connectivity index (χ1) is 13.2. The first-order valence-corrected chi connectivity index (χ1v) is 9.62. The van der Waals surface area contributed by atoms with Crippen molar-refractivity contribution in [2.24, 2.45) is 0 Å². The van der Waals surface area contributed by atoms with Gasteiger partial charge in [0.05, 0.1) is 24.8 Å². The Kier molecular flexibility index (Phi) is 7.10. The van der Waals surface area contributed by atoms with E-state index in [1.165, 1.54) is 5.56 Å². The maximum absolute atomic E-state index is 12.5. The lowest BCUT2D eigenvalue weighted by molar-refractivity contribution is 0.0340. The van der Waals surface area contributed by atoms with Crippen LogP contribution in [0.4, 0.5) is 0 Å². The molecule has 1 heterocycles. The van der Waals surface area contributed by atoms with Gasteiger partial charge in [-0.2, -0.15) is 0 Å². The van der Waals surface area contributed by atoms with E-state index in [2.05, 4.69) is 22.3 Å². The number of morpholine rings is 1. The highest BCUT2D eigenvalue weighted by atomic mass is 35.5. The van der Waals surface area contributed by atoms with Crippen molar-refractivity contribution < 1.29 is 14.3 Å². The third kappa shape index (κ3) is 5.45. The van der Waals surface area contributed by atoms with Gasteiger partial charge in [-0.25, -0.2) is 0 Å². The van der Waals surface area contributed by atoms with Gasteiger partial charge in [-0.05, 0) is 36.2 Å². The number of nitrogens with zero attached hydrogens (tertiary/aromatic N) is 1. The van der Waals surface area contributed by atoms with Crippen molar-refractivity contribution in [3.05, 3.63) is 64.2 Å². The minimum absolute atomic E-state index is 0.152. The number of rotatable bonds is 7. The molecule has 0 aromatic heterocycles. The lowest BCUT2D eigenvalue weighted by Gasteiger charge is -2.27. The van der Waals surface area contributed by atoms with Gasteiger partial charge in [-0.1, -0.05) is 35.9 Å². The largest absolute Gasteiger partial charge is 0.492 e. The number of carbonyl (C=O) groups excluding carboxylic acids is 1. The zero-order valence-corrected chi connectivity index (χ0v) is 16.3. The second-order valence-corrected chi connectivity index (χ2v) is 6.83. The zero-order chi connectivity index (χ0) is 19.1. The fraction of sp³-hybridized carbons (Fsp3) is 0.381. The molecular formula is C21H25ClN2O3. The normalized spacial score (nSPS) is 14.7. The number of amides is 1. The van der Waals surface area contributed by atoms with Crippen LogP contribution >= 0.6 is 11.6 Å². The van der Waals surface area contributed by atoms with Gasteiger partial charge in [0.25, 0.3) is 5.91 Å². The lowest BCUT2D eigenvalue weighted by atomic mass is 10.1. The maximum Gasteiger partial charge on any atom is 0.251 e. The Morgan fingerprint density at radius 2 is 1.93 bits per heavy atom. The van der Waals surface area contributed by atoms with Crippen molar-refractivity contribution in [2.75, 3.05) is 32.9 Å². The van der Waals surface area contributed by atoms with Gasteiger partial charge in [-0.15, -0.1) is 0 Å². The summed E-state index contributed by atoms with van der Waals surface area (Å²) in [5.41, 5.74) is 2.87. The highest BCUT2D eigenvalue weighted by Crippen LogP contribution is 2.25. The molecule has 27 heavy (non-hydrogen) atoms. The molecular weight excluding hydrogens is 364 g/mol. The summed E-state index contributed by atoms with van der Waals surface area (Å²) in [4.78, 5) is 14.9. The van der Waals surface area contributed by atoms with Crippen LogP contribution in [0.5, 0.6) is 5.75 Å². The maximum atomic E-state index is 12.5. The Labute approximate surface area is 165 Å². The highest BCUT2D eigenvalue weighted by Gasteiger charge is 2.14. The molecule has 0 aliphatic carbocycles. The van der Waals surface area contributed by atoms with Gasteiger partial charge in [0.2, 0.25) is 0 Å². The Hall–Kier alpha value is -2.08. The van der Waals surface area contributed by atoms with Crippen LogP contribution in [0.2, 0.25) is 5.02 Å². The first kappa shape index (κ1) is 19.7. The third-order valence-corrected chi connectivity index (χ3v) is 4.84. The fourth-order valence-electron chi connectivity index (χ4n) is 3.08. The SMILES string of the molecule is CCOc1ccc(C(=O)NCc2ccccc2CN2CCOCC2)cc1Cl. The van der Waals surface area contributed by atoms with E-state index in [4.69, 9.17) is 21.1 Å². The standard InChI is InChI=1S/C21H25ClN2O3/c1-2-27-20-8-7-16(13-19(20)22)21(25)23-14-17-5-3-4-6-18(17)15-24-9-11-26-12-10-24/h3-8,13H,2,9-12,14-15H2,1H3,(H,23,25). The number of halogens is 1. The number of hydrogen-bond acceptors (Lipinski definition) is 4. The number of nitrogens with one attached hydrogen (secondary N) is 1. The summed E-state index contributed by atoms with van der Waals surface area (Å²) in [6.07, 6.45) is 0. The minimum Gasteiger partial charge on any atom is -0.492 e. The van der Waals surface area contributed by atoms with Gasteiger partial charge in [0.15, 0.2) is 0 Å². The average molecular weight is 389 g/mol. The lowest BCUT2D eigenvalue weighted by Crippen LogP contribution is -2.36. The van der Waals surface area contributed by atoms with Crippen LogP contribution in [-0.4, -0.2) is 43.7 Å².